The molecule has 1 atom stereocenters. The van der Waals surface area contributed by atoms with Crippen molar-refractivity contribution in [2.75, 3.05) is 19.8 Å². The van der Waals surface area contributed by atoms with Crippen LogP contribution in [0.1, 0.15) is 22.8 Å². The van der Waals surface area contributed by atoms with Gasteiger partial charge in [-0.05, 0) is 38.1 Å². The summed E-state index contributed by atoms with van der Waals surface area (Å²) in [6.07, 6.45) is 0.344. The lowest BCUT2D eigenvalue weighted by atomic mass is 10.0. The largest absolute Gasteiger partial charge is 0.387 e. The monoisotopic (exact) mass is 257 g/mol. The lowest BCUT2D eigenvalue weighted by Gasteiger charge is -2.16. The molecule has 4 nitrogen and oxygen atoms in total. The highest BCUT2D eigenvalue weighted by Crippen LogP contribution is 2.25. The average molecular weight is 257 g/mol. The second-order valence-electron chi connectivity index (χ2n) is 4.32. The van der Waals surface area contributed by atoms with Gasteiger partial charge in [0.05, 0.1) is 11.0 Å². The molecule has 0 aliphatic carbocycles. The van der Waals surface area contributed by atoms with E-state index in [9.17, 15) is 13.5 Å². The number of likely N-dealkylation sites (N-methyl/N-ethyl adjacent to an activating group) is 1. The fourth-order valence-electron chi connectivity index (χ4n) is 1.70. The maximum atomic E-state index is 11.7. The normalized spacial score (nSPS) is 13.7. The number of hydrogen-bond acceptors (Lipinski definition) is 4. The standard InChI is InChI=1S/C12H19NO3S/c1-8-5-10(11(14)7-13-3)12(6-9(8)2)17(4,15)16/h5-6,11,13-14H,7H2,1-4H3. The Hall–Kier alpha value is -0.910. The van der Waals surface area contributed by atoms with Gasteiger partial charge in [0.15, 0.2) is 9.84 Å². The van der Waals surface area contributed by atoms with E-state index in [0.717, 1.165) is 17.4 Å². The van der Waals surface area contributed by atoms with E-state index in [-0.39, 0.29) is 4.90 Å². The minimum absolute atomic E-state index is 0.211. The van der Waals surface area contributed by atoms with E-state index in [0.29, 0.717) is 12.1 Å². The summed E-state index contributed by atoms with van der Waals surface area (Å²) in [6.45, 7) is 4.08. The molecule has 0 fully saturated rings. The molecule has 0 aliphatic rings. The van der Waals surface area contributed by atoms with Crippen molar-refractivity contribution in [2.24, 2.45) is 0 Å². The van der Waals surface area contributed by atoms with Gasteiger partial charge < -0.3 is 10.4 Å². The van der Waals surface area contributed by atoms with Crippen molar-refractivity contribution in [1.82, 2.24) is 5.32 Å². The highest BCUT2D eigenvalue weighted by molar-refractivity contribution is 7.90. The predicted octanol–water partition coefficient (Wildman–Crippen LogP) is 0.960. The van der Waals surface area contributed by atoms with Gasteiger partial charge in [-0.1, -0.05) is 6.07 Å². The lowest BCUT2D eigenvalue weighted by Crippen LogP contribution is -2.19. The van der Waals surface area contributed by atoms with Gasteiger partial charge in [0.2, 0.25) is 0 Å². The first-order valence-corrected chi connectivity index (χ1v) is 7.30. The van der Waals surface area contributed by atoms with Crippen LogP contribution in [0.3, 0.4) is 0 Å². The number of benzene rings is 1. The third-order valence-corrected chi connectivity index (χ3v) is 3.93. The van der Waals surface area contributed by atoms with Crippen LogP contribution in [-0.2, 0) is 9.84 Å². The minimum atomic E-state index is -3.32. The Labute approximate surface area is 103 Å². The molecule has 1 aromatic rings. The first kappa shape index (κ1) is 14.2. The first-order chi connectivity index (χ1) is 7.77. The molecule has 1 unspecified atom stereocenters. The van der Waals surface area contributed by atoms with Crippen LogP contribution in [0.15, 0.2) is 17.0 Å². The molecule has 0 saturated heterocycles. The summed E-state index contributed by atoms with van der Waals surface area (Å²) >= 11 is 0. The Morgan fingerprint density at radius 1 is 1.29 bits per heavy atom. The van der Waals surface area contributed by atoms with Gasteiger partial charge in [0.25, 0.3) is 0 Å². The van der Waals surface area contributed by atoms with Crippen LogP contribution in [0.4, 0.5) is 0 Å². The van der Waals surface area contributed by atoms with Crippen LogP contribution in [0.25, 0.3) is 0 Å². The number of hydrogen-bond donors (Lipinski definition) is 2. The third-order valence-electron chi connectivity index (χ3n) is 2.78. The zero-order valence-electron chi connectivity index (χ0n) is 10.6. The van der Waals surface area contributed by atoms with E-state index in [2.05, 4.69) is 5.32 Å². The second kappa shape index (κ2) is 5.16. The summed E-state index contributed by atoms with van der Waals surface area (Å²) in [7, 11) is -1.61. The molecular weight excluding hydrogens is 238 g/mol. The summed E-state index contributed by atoms with van der Waals surface area (Å²) < 4.78 is 23.4. The molecule has 0 aromatic heterocycles. The Balaban J connectivity index is 3.41. The fraction of sp³-hybridized carbons (Fsp3) is 0.500. The second-order valence-corrected chi connectivity index (χ2v) is 6.30. The molecule has 5 heteroatoms. The average Bonchev–Trinajstić information content (AvgIpc) is 2.20. The third kappa shape index (κ3) is 3.28. The van der Waals surface area contributed by atoms with Gasteiger partial charge in [-0.3, -0.25) is 0 Å². The van der Waals surface area contributed by atoms with Crippen LogP contribution in [0.5, 0.6) is 0 Å². The maximum absolute atomic E-state index is 11.7. The van der Waals surface area contributed by atoms with Gasteiger partial charge in [0.1, 0.15) is 0 Å². The topological polar surface area (TPSA) is 66.4 Å². The van der Waals surface area contributed by atoms with Crippen LogP contribution in [-0.4, -0.2) is 33.4 Å². The van der Waals surface area contributed by atoms with Crippen LogP contribution < -0.4 is 5.32 Å². The van der Waals surface area contributed by atoms with E-state index >= 15 is 0 Å². The molecule has 0 bridgehead atoms. The summed E-state index contributed by atoms with van der Waals surface area (Å²) in [5.41, 5.74) is 2.35. The maximum Gasteiger partial charge on any atom is 0.175 e. The molecule has 1 aromatic carbocycles. The summed E-state index contributed by atoms with van der Waals surface area (Å²) in [6, 6.07) is 3.37. The Morgan fingerprint density at radius 2 is 1.82 bits per heavy atom. The van der Waals surface area contributed by atoms with Crippen molar-refractivity contribution in [3.63, 3.8) is 0 Å². The van der Waals surface area contributed by atoms with Crippen molar-refractivity contribution in [1.29, 1.82) is 0 Å². The highest BCUT2D eigenvalue weighted by atomic mass is 32.2. The predicted molar refractivity (Wildman–Crippen MR) is 67.9 cm³/mol. The van der Waals surface area contributed by atoms with E-state index < -0.39 is 15.9 Å². The quantitative estimate of drug-likeness (QED) is 0.843. The summed E-state index contributed by atoms with van der Waals surface area (Å²) in [5, 5.41) is 12.8. The van der Waals surface area contributed by atoms with E-state index in [1.165, 1.54) is 0 Å². The first-order valence-electron chi connectivity index (χ1n) is 5.41. The number of rotatable bonds is 4. The minimum Gasteiger partial charge on any atom is -0.387 e. The molecule has 0 aliphatic heterocycles. The molecule has 96 valence electrons. The Kier molecular flexibility index (Phi) is 4.30. The molecule has 0 saturated carbocycles. The van der Waals surface area contributed by atoms with Crippen molar-refractivity contribution < 1.29 is 13.5 Å². The number of aryl methyl sites for hydroxylation is 2. The molecule has 17 heavy (non-hydrogen) atoms. The van der Waals surface area contributed by atoms with Gasteiger partial charge in [-0.2, -0.15) is 0 Å². The summed E-state index contributed by atoms with van der Waals surface area (Å²) in [5.74, 6) is 0. The fourth-order valence-corrected chi connectivity index (χ4v) is 2.71. The smallest absolute Gasteiger partial charge is 0.175 e. The van der Waals surface area contributed by atoms with Gasteiger partial charge in [-0.25, -0.2) is 8.42 Å². The Morgan fingerprint density at radius 3 is 2.29 bits per heavy atom. The summed E-state index contributed by atoms with van der Waals surface area (Å²) in [4.78, 5) is 0.211. The van der Waals surface area contributed by atoms with E-state index in [1.54, 1.807) is 19.2 Å². The van der Waals surface area contributed by atoms with Crippen LogP contribution >= 0.6 is 0 Å². The molecule has 2 N–H and O–H groups in total. The van der Waals surface area contributed by atoms with Gasteiger partial charge in [0, 0.05) is 18.4 Å². The molecular formula is C12H19NO3S. The molecule has 0 heterocycles. The number of aliphatic hydroxyl groups is 1. The number of nitrogens with one attached hydrogen (secondary N) is 1. The van der Waals surface area contributed by atoms with Crippen molar-refractivity contribution in [3.05, 3.63) is 28.8 Å². The van der Waals surface area contributed by atoms with Crippen molar-refractivity contribution in [2.45, 2.75) is 24.8 Å². The molecule has 0 amide bonds. The molecule has 1 rings (SSSR count). The Bertz CT molecular complexity index is 509. The molecule has 0 radical (unpaired) electrons. The number of aliphatic hydroxyl groups excluding tert-OH is 1. The number of sulfone groups is 1. The van der Waals surface area contributed by atoms with E-state index in [1.807, 2.05) is 13.8 Å². The lowest BCUT2D eigenvalue weighted by molar-refractivity contribution is 0.174. The van der Waals surface area contributed by atoms with Crippen molar-refractivity contribution >= 4 is 9.84 Å². The van der Waals surface area contributed by atoms with Crippen molar-refractivity contribution in [3.8, 4) is 0 Å². The van der Waals surface area contributed by atoms with E-state index in [4.69, 9.17) is 0 Å². The van der Waals surface area contributed by atoms with Crippen LogP contribution in [0.2, 0.25) is 0 Å². The van der Waals surface area contributed by atoms with Gasteiger partial charge in [-0.15, -0.1) is 0 Å². The molecule has 0 spiro atoms. The van der Waals surface area contributed by atoms with Crippen LogP contribution in [0, 0.1) is 13.8 Å². The zero-order valence-corrected chi connectivity index (χ0v) is 11.4. The SMILES string of the molecule is CNCC(O)c1cc(C)c(C)cc1S(C)(=O)=O. The zero-order chi connectivity index (χ0) is 13.2. The van der Waals surface area contributed by atoms with Gasteiger partial charge >= 0.3 is 0 Å². The highest BCUT2D eigenvalue weighted by Gasteiger charge is 2.19.